The summed E-state index contributed by atoms with van der Waals surface area (Å²) in [7, 11) is 1.70. The second-order valence-electron chi connectivity index (χ2n) is 6.77. The van der Waals surface area contributed by atoms with Gasteiger partial charge in [0.05, 0.1) is 18.1 Å². The molecule has 1 aliphatic rings. The zero-order chi connectivity index (χ0) is 19.8. The SMILES string of the molecule is Cc1cc(C(=O)O)ncc1Nc1ncc2c(n1)n(C1CCOCC1)c(=O)n2C. The molecule has 0 bridgehead atoms. The summed E-state index contributed by atoms with van der Waals surface area (Å²) in [6.45, 7) is 3.00. The molecule has 0 radical (unpaired) electrons. The molecule has 1 saturated heterocycles. The number of nitrogens with one attached hydrogen (secondary N) is 1. The van der Waals surface area contributed by atoms with Gasteiger partial charge in [-0.25, -0.2) is 19.6 Å². The molecule has 0 amide bonds. The van der Waals surface area contributed by atoms with E-state index in [0.29, 0.717) is 41.6 Å². The number of hydrogen-bond acceptors (Lipinski definition) is 7. The molecule has 28 heavy (non-hydrogen) atoms. The van der Waals surface area contributed by atoms with Crippen LogP contribution in [0.5, 0.6) is 0 Å². The van der Waals surface area contributed by atoms with Crippen LogP contribution >= 0.6 is 0 Å². The van der Waals surface area contributed by atoms with E-state index < -0.39 is 5.97 Å². The van der Waals surface area contributed by atoms with Crippen LogP contribution in [-0.2, 0) is 11.8 Å². The minimum atomic E-state index is -1.09. The number of aryl methyl sites for hydroxylation is 2. The van der Waals surface area contributed by atoms with Crippen molar-refractivity contribution in [1.29, 1.82) is 0 Å². The Bertz CT molecular complexity index is 1110. The van der Waals surface area contributed by atoms with E-state index in [1.807, 2.05) is 0 Å². The molecule has 146 valence electrons. The Morgan fingerprint density at radius 1 is 1.29 bits per heavy atom. The van der Waals surface area contributed by atoms with E-state index in [1.54, 1.807) is 29.3 Å². The van der Waals surface area contributed by atoms with Crippen LogP contribution in [-0.4, -0.2) is 48.4 Å². The van der Waals surface area contributed by atoms with Crippen molar-refractivity contribution in [1.82, 2.24) is 24.1 Å². The van der Waals surface area contributed by atoms with Crippen LogP contribution in [0.25, 0.3) is 11.2 Å². The third-order valence-corrected chi connectivity index (χ3v) is 4.96. The highest BCUT2D eigenvalue weighted by molar-refractivity contribution is 5.86. The van der Waals surface area contributed by atoms with Crippen LogP contribution in [0.15, 0.2) is 23.3 Å². The zero-order valence-electron chi connectivity index (χ0n) is 15.5. The van der Waals surface area contributed by atoms with Crippen LogP contribution in [0.2, 0.25) is 0 Å². The predicted octanol–water partition coefficient (Wildman–Crippen LogP) is 1.63. The molecule has 0 atom stereocenters. The quantitative estimate of drug-likeness (QED) is 0.695. The predicted molar refractivity (Wildman–Crippen MR) is 101 cm³/mol. The first-order valence-corrected chi connectivity index (χ1v) is 8.94. The van der Waals surface area contributed by atoms with Gasteiger partial charge < -0.3 is 15.2 Å². The lowest BCUT2D eigenvalue weighted by Crippen LogP contribution is -2.30. The average Bonchev–Trinajstić information content (AvgIpc) is 2.94. The molecule has 0 aliphatic carbocycles. The van der Waals surface area contributed by atoms with Crippen molar-refractivity contribution in [3.05, 3.63) is 40.2 Å². The van der Waals surface area contributed by atoms with Gasteiger partial charge in [0.2, 0.25) is 5.95 Å². The molecule has 3 aromatic heterocycles. The molecular formula is C18H20N6O4. The van der Waals surface area contributed by atoms with Gasteiger partial charge in [-0.1, -0.05) is 0 Å². The number of carbonyl (C=O) groups is 1. The summed E-state index contributed by atoms with van der Waals surface area (Å²) in [5.41, 5.74) is 2.35. The number of anilines is 2. The molecule has 4 rings (SSSR count). The smallest absolute Gasteiger partial charge is 0.354 e. The van der Waals surface area contributed by atoms with Crippen molar-refractivity contribution in [2.75, 3.05) is 18.5 Å². The minimum Gasteiger partial charge on any atom is -0.477 e. The van der Waals surface area contributed by atoms with Crippen LogP contribution in [0.4, 0.5) is 11.6 Å². The first kappa shape index (κ1) is 18.1. The topological polar surface area (TPSA) is 124 Å². The molecule has 1 aliphatic heterocycles. The normalized spacial score (nSPS) is 15.1. The number of hydrogen-bond donors (Lipinski definition) is 2. The Balaban J connectivity index is 1.73. The Kier molecular flexibility index (Phi) is 4.55. The second kappa shape index (κ2) is 7.04. The fourth-order valence-electron chi connectivity index (χ4n) is 3.39. The molecule has 0 saturated carbocycles. The van der Waals surface area contributed by atoms with E-state index in [4.69, 9.17) is 9.84 Å². The van der Waals surface area contributed by atoms with Crippen LogP contribution < -0.4 is 11.0 Å². The lowest BCUT2D eigenvalue weighted by Gasteiger charge is -2.22. The summed E-state index contributed by atoms with van der Waals surface area (Å²) in [4.78, 5) is 36.6. The molecule has 10 nitrogen and oxygen atoms in total. The lowest BCUT2D eigenvalue weighted by molar-refractivity contribution is 0.0688. The highest BCUT2D eigenvalue weighted by atomic mass is 16.5. The number of carboxylic acids is 1. The maximum atomic E-state index is 12.7. The van der Waals surface area contributed by atoms with Crippen LogP contribution in [0.3, 0.4) is 0 Å². The minimum absolute atomic E-state index is 0.0316. The summed E-state index contributed by atoms with van der Waals surface area (Å²) in [5.74, 6) is -0.774. The molecular weight excluding hydrogens is 364 g/mol. The maximum Gasteiger partial charge on any atom is 0.354 e. The number of ether oxygens (including phenoxy) is 1. The number of nitrogens with zero attached hydrogens (tertiary/aromatic N) is 5. The van der Waals surface area contributed by atoms with Gasteiger partial charge in [-0.3, -0.25) is 9.13 Å². The van der Waals surface area contributed by atoms with Gasteiger partial charge >= 0.3 is 11.7 Å². The van der Waals surface area contributed by atoms with Crippen molar-refractivity contribution in [2.45, 2.75) is 25.8 Å². The van der Waals surface area contributed by atoms with E-state index in [-0.39, 0.29) is 17.4 Å². The number of imidazole rings is 1. The van der Waals surface area contributed by atoms with Crippen molar-refractivity contribution in [3.8, 4) is 0 Å². The first-order chi connectivity index (χ1) is 13.5. The summed E-state index contributed by atoms with van der Waals surface area (Å²) >= 11 is 0. The van der Waals surface area contributed by atoms with Crippen LogP contribution in [0.1, 0.15) is 34.9 Å². The molecule has 1 fully saturated rings. The van der Waals surface area contributed by atoms with Gasteiger partial charge in [-0.15, -0.1) is 0 Å². The number of aromatic nitrogens is 5. The number of rotatable bonds is 4. The molecule has 10 heteroatoms. The van der Waals surface area contributed by atoms with E-state index in [9.17, 15) is 9.59 Å². The summed E-state index contributed by atoms with van der Waals surface area (Å²) in [5, 5.41) is 12.1. The average molecular weight is 384 g/mol. The fourth-order valence-corrected chi connectivity index (χ4v) is 3.39. The molecule has 0 unspecified atom stereocenters. The van der Waals surface area contributed by atoms with Gasteiger partial charge in [0.1, 0.15) is 11.2 Å². The van der Waals surface area contributed by atoms with E-state index in [2.05, 4.69) is 20.3 Å². The summed E-state index contributed by atoms with van der Waals surface area (Å²) in [6.07, 6.45) is 4.55. The first-order valence-electron chi connectivity index (χ1n) is 8.94. The zero-order valence-corrected chi connectivity index (χ0v) is 15.5. The number of fused-ring (bicyclic) bond motifs is 1. The van der Waals surface area contributed by atoms with Gasteiger partial charge in [0, 0.05) is 26.3 Å². The lowest BCUT2D eigenvalue weighted by atomic mass is 10.1. The molecule has 4 heterocycles. The fraction of sp³-hybridized carbons (Fsp3) is 0.389. The Morgan fingerprint density at radius 2 is 2.04 bits per heavy atom. The molecule has 3 aromatic rings. The molecule has 0 aromatic carbocycles. The Morgan fingerprint density at radius 3 is 2.71 bits per heavy atom. The van der Waals surface area contributed by atoms with Crippen molar-refractivity contribution in [3.63, 3.8) is 0 Å². The second-order valence-corrected chi connectivity index (χ2v) is 6.77. The Labute approximate surface area is 159 Å². The van der Waals surface area contributed by atoms with Crippen LogP contribution in [0, 0.1) is 6.92 Å². The number of pyridine rings is 1. The third kappa shape index (κ3) is 3.11. The summed E-state index contributed by atoms with van der Waals surface area (Å²) in [6, 6.07) is 1.51. The largest absolute Gasteiger partial charge is 0.477 e. The van der Waals surface area contributed by atoms with E-state index in [0.717, 1.165) is 12.8 Å². The van der Waals surface area contributed by atoms with Gasteiger partial charge in [0.15, 0.2) is 5.65 Å². The number of carboxylic acid groups (broad SMARTS) is 1. The standard InChI is InChI=1S/C18H20N6O4/c1-10-7-12(16(25)26)19-8-13(10)21-17-20-9-14-15(22-17)24(18(27)23(14)2)11-3-5-28-6-4-11/h7-9,11H,3-6H2,1-2H3,(H,25,26)(H,20,21,22). The molecule has 0 spiro atoms. The van der Waals surface area contributed by atoms with Gasteiger partial charge in [-0.2, -0.15) is 4.98 Å². The van der Waals surface area contributed by atoms with Crippen molar-refractivity contribution >= 4 is 28.8 Å². The van der Waals surface area contributed by atoms with Gasteiger partial charge in [0.25, 0.3) is 0 Å². The third-order valence-electron chi connectivity index (χ3n) is 4.96. The highest BCUT2D eigenvalue weighted by Gasteiger charge is 2.23. The summed E-state index contributed by atoms with van der Waals surface area (Å²) < 4.78 is 8.66. The van der Waals surface area contributed by atoms with E-state index in [1.165, 1.54) is 12.3 Å². The Hall–Kier alpha value is -3.27. The maximum absolute atomic E-state index is 12.7. The van der Waals surface area contributed by atoms with Gasteiger partial charge in [-0.05, 0) is 31.4 Å². The van der Waals surface area contributed by atoms with Crippen molar-refractivity contribution in [2.24, 2.45) is 7.05 Å². The molecule has 2 N–H and O–H groups in total. The highest BCUT2D eigenvalue weighted by Crippen LogP contribution is 2.25. The monoisotopic (exact) mass is 384 g/mol. The van der Waals surface area contributed by atoms with Crippen molar-refractivity contribution < 1.29 is 14.6 Å². The van der Waals surface area contributed by atoms with E-state index >= 15 is 0 Å². The number of aromatic carboxylic acids is 1.